The van der Waals surface area contributed by atoms with Crippen LogP contribution in [0.4, 0.5) is 5.69 Å². The number of amides is 2. The third kappa shape index (κ3) is 5.55. The molecule has 2 aromatic rings. The van der Waals surface area contributed by atoms with E-state index in [9.17, 15) is 19.7 Å². The van der Waals surface area contributed by atoms with E-state index in [1.165, 1.54) is 24.4 Å². The van der Waals surface area contributed by atoms with E-state index in [2.05, 4.69) is 15.6 Å². The third-order valence-corrected chi connectivity index (χ3v) is 3.33. The topological polar surface area (TPSA) is 123 Å². The molecule has 2 amide bonds. The highest BCUT2D eigenvalue weighted by molar-refractivity contribution is 5.93. The Kier molecular flexibility index (Phi) is 6.60. The fourth-order valence-corrected chi connectivity index (χ4v) is 2.01. The molecule has 0 unspecified atom stereocenters. The molecule has 1 aromatic heterocycles. The van der Waals surface area contributed by atoms with E-state index < -0.39 is 10.8 Å². The van der Waals surface area contributed by atoms with Gasteiger partial charge in [-0.15, -0.1) is 0 Å². The van der Waals surface area contributed by atoms with Gasteiger partial charge in [0, 0.05) is 31.0 Å². The van der Waals surface area contributed by atoms with Gasteiger partial charge >= 0.3 is 5.69 Å². The molecule has 0 aliphatic rings. The molecule has 0 bridgehead atoms. The maximum absolute atomic E-state index is 11.9. The highest BCUT2D eigenvalue weighted by Gasteiger charge is 2.14. The maximum atomic E-state index is 11.9. The first-order valence-corrected chi connectivity index (χ1v) is 7.81. The molecular weight excluding hydrogens is 340 g/mol. The van der Waals surface area contributed by atoms with Crippen LogP contribution in [-0.2, 0) is 4.79 Å². The number of para-hydroxylation sites is 2. The van der Waals surface area contributed by atoms with Crippen molar-refractivity contribution in [2.45, 2.75) is 6.92 Å². The summed E-state index contributed by atoms with van der Waals surface area (Å²) >= 11 is 0. The number of nitrogens with one attached hydrogen (secondary N) is 2. The minimum atomic E-state index is -0.581. The van der Waals surface area contributed by atoms with Crippen molar-refractivity contribution in [1.29, 1.82) is 0 Å². The number of aryl methyl sites for hydroxylation is 1. The van der Waals surface area contributed by atoms with E-state index in [1.54, 1.807) is 18.2 Å². The molecule has 2 rings (SSSR count). The van der Waals surface area contributed by atoms with Crippen LogP contribution in [-0.4, -0.2) is 41.4 Å². The first-order chi connectivity index (χ1) is 12.5. The lowest BCUT2D eigenvalue weighted by Crippen LogP contribution is -2.36. The van der Waals surface area contributed by atoms with E-state index in [1.807, 2.05) is 6.92 Å². The van der Waals surface area contributed by atoms with Crippen LogP contribution >= 0.6 is 0 Å². The molecule has 0 fully saturated rings. The standard InChI is InChI=1S/C17H18N4O5/c1-12-6-7-13(10-20-12)17(23)19-9-8-18-16(22)11-26-15-5-3-2-4-14(15)21(24)25/h2-7,10H,8-9,11H2,1H3,(H,18,22)(H,19,23). The molecule has 0 radical (unpaired) electrons. The lowest BCUT2D eigenvalue weighted by atomic mass is 10.2. The van der Waals surface area contributed by atoms with Crippen molar-refractivity contribution in [2.75, 3.05) is 19.7 Å². The molecule has 136 valence electrons. The minimum Gasteiger partial charge on any atom is -0.477 e. The van der Waals surface area contributed by atoms with Gasteiger partial charge in [-0.3, -0.25) is 24.7 Å². The lowest BCUT2D eigenvalue weighted by Gasteiger charge is -2.08. The number of nitrogens with zero attached hydrogens (tertiary/aromatic N) is 2. The smallest absolute Gasteiger partial charge is 0.310 e. The van der Waals surface area contributed by atoms with Gasteiger partial charge in [0.05, 0.1) is 10.5 Å². The summed E-state index contributed by atoms with van der Waals surface area (Å²) in [6.07, 6.45) is 1.48. The Morgan fingerprint density at radius 2 is 1.88 bits per heavy atom. The van der Waals surface area contributed by atoms with Crippen molar-refractivity contribution in [3.63, 3.8) is 0 Å². The number of aromatic nitrogens is 1. The number of pyridine rings is 1. The number of nitro groups is 1. The Hall–Kier alpha value is -3.49. The molecular formula is C17H18N4O5. The minimum absolute atomic E-state index is 0.0211. The summed E-state index contributed by atoms with van der Waals surface area (Å²) in [7, 11) is 0. The van der Waals surface area contributed by atoms with Crippen LogP contribution in [0, 0.1) is 17.0 Å². The summed E-state index contributed by atoms with van der Waals surface area (Å²) < 4.78 is 5.17. The molecule has 0 aliphatic carbocycles. The number of carbonyl (C=O) groups is 2. The van der Waals surface area contributed by atoms with Crippen molar-refractivity contribution >= 4 is 17.5 Å². The van der Waals surface area contributed by atoms with Gasteiger partial charge in [-0.2, -0.15) is 0 Å². The lowest BCUT2D eigenvalue weighted by molar-refractivity contribution is -0.385. The Bertz CT molecular complexity index is 792. The van der Waals surface area contributed by atoms with Crippen LogP contribution in [0.25, 0.3) is 0 Å². The molecule has 26 heavy (non-hydrogen) atoms. The number of carbonyl (C=O) groups excluding carboxylic acids is 2. The van der Waals surface area contributed by atoms with Crippen molar-refractivity contribution in [1.82, 2.24) is 15.6 Å². The van der Waals surface area contributed by atoms with Crippen LogP contribution < -0.4 is 15.4 Å². The van der Waals surface area contributed by atoms with E-state index >= 15 is 0 Å². The molecule has 0 saturated carbocycles. The molecule has 0 aliphatic heterocycles. The van der Waals surface area contributed by atoms with Crippen molar-refractivity contribution in [3.8, 4) is 5.75 Å². The largest absolute Gasteiger partial charge is 0.477 e. The molecule has 0 atom stereocenters. The van der Waals surface area contributed by atoms with Crippen molar-refractivity contribution in [2.24, 2.45) is 0 Å². The van der Waals surface area contributed by atoms with E-state index in [4.69, 9.17) is 4.74 Å². The van der Waals surface area contributed by atoms with Crippen LogP contribution in [0.5, 0.6) is 5.75 Å². The molecule has 9 heteroatoms. The van der Waals surface area contributed by atoms with Crippen LogP contribution in [0.15, 0.2) is 42.6 Å². The molecule has 1 aromatic carbocycles. The SMILES string of the molecule is Cc1ccc(C(=O)NCCNC(=O)COc2ccccc2[N+](=O)[O-])cn1. The van der Waals surface area contributed by atoms with Gasteiger partial charge in [-0.05, 0) is 25.1 Å². The first-order valence-electron chi connectivity index (χ1n) is 7.81. The molecule has 0 saturated heterocycles. The molecule has 2 N–H and O–H groups in total. The Balaban J connectivity index is 1.70. The van der Waals surface area contributed by atoms with Crippen molar-refractivity contribution in [3.05, 3.63) is 64.0 Å². The first kappa shape index (κ1) is 18.8. The average Bonchev–Trinajstić information content (AvgIpc) is 2.64. The molecule has 1 heterocycles. The second kappa shape index (κ2) is 9.11. The molecule has 9 nitrogen and oxygen atoms in total. The van der Waals surface area contributed by atoms with Crippen LogP contribution in [0.3, 0.4) is 0 Å². The Labute approximate surface area is 149 Å². The monoisotopic (exact) mass is 358 g/mol. The Morgan fingerprint density at radius 3 is 2.58 bits per heavy atom. The van der Waals surface area contributed by atoms with E-state index in [-0.39, 0.29) is 37.0 Å². The van der Waals surface area contributed by atoms with Gasteiger partial charge in [-0.1, -0.05) is 12.1 Å². The van der Waals surface area contributed by atoms with Crippen LogP contribution in [0.2, 0.25) is 0 Å². The zero-order valence-corrected chi connectivity index (χ0v) is 14.1. The van der Waals surface area contributed by atoms with Gasteiger partial charge in [0.1, 0.15) is 0 Å². The predicted octanol–water partition coefficient (Wildman–Crippen LogP) is 1.22. The number of hydrogen-bond donors (Lipinski definition) is 2. The maximum Gasteiger partial charge on any atom is 0.310 e. The zero-order chi connectivity index (χ0) is 18.9. The summed E-state index contributed by atoms with van der Waals surface area (Å²) in [6.45, 7) is 1.89. The van der Waals surface area contributed by atoms with E-state index in [0.29, 0.717) is 5.56 Å². The van der Waals surface area contributed by atoms with Gasteiger partial charge in [-0.25, -0.2) is 0 Å². The fraction of sp³-hybridized carbons (Fsp3) is 0.235. The summed E-state index contributed by atoms with van der Waals surface area (Å²) in [5, 5.41) is 16.1. The number of benzene rings is 1. The van der Waals surface area contributed by atoms with Gasteiger partial charge in [0.15, 0.2) is 12.4 Å². The predicted molar refractivity (Wildman–Crippen MR) is 92.9 cm³/mol. The number of ether oxygens (including phenoxy) is 1. The fourth-order valence-electron chi connectivity index (χ4n) is 2.01. The quantitative estimate of drug-likeness (QED) is 0.415. The average molecular weight is 358 g/mol. The van der Waals surface area contributed by atoms with Gasteiger partial charge in [0.25, 0.3) is 11.8 Å². The Morgan fingerprint density at radius 1 is 1.15 bits per heavy atom. The second-order valence-electron chi connectivity index (χ2n) is 5.31. The van der Waals surface area contributed by atoms with Crippen LogP contribution in [0.1, 0.15) is 16.1 Å². The third-order valence-electron chi connectivity index (χ3n) is 3.33. The van der Waals surface area contributed by atoms with Crippen molar-refractivity contribution < 1.29 is 19.2 Å². The molecule has 0 spiro atoms. The number of hydrogen-bond acceptors (Lipinski definition) is 6. The number of rotatable bonds is 8. The van der Waals surface area contributed by atoms with E-state index in [0.717, 1.165) is 5.69 Å². The van der Waals surface area contributed by atoms with Gasteiger partial charge < -0.3 is 15.4 Å². The van der Waals surface area contributed by atoms with Gasteiger partial charge in [0.2, 0.25) is 0 Å². The summed E-state index contributed by atoms with van der Waals surface area (Å²) in [6, 6.07) is 9.20. The highest BCUT2D eigenvalue weighted by atomic mass is 16.6. The second-order valence-corrected chi connectivity index (χ2v) is 5.31. The summed E-state index contributed by atoms with van der Waals surface area (Å²) in [5.41, 5.74) is 1.04. The zero-order valence-electron chi connectivity index (χ0n) is 14.1. The normalized spacial score (nSPS) is 10.0. The summed E-state index contributed by atoms with van der Waals surface area (Å²) in [4.78, 5) is 37.9. The number of nitro benzene ring substituents is 1. The highest BCUT2D eigenvalue weighted by Crippen LogP contribution is 2.25. The summed E-state index contributed by atoms with van der Waals surface area (Å²) in [5.74, 6) is -0.717.